The van der Waals surface area contributed by atoms with Gasteiger partial charge in [0.15, 0.2) is 0 Å². The molecule has 27 heavy (non-hydrogen) atoms. The van der Waals surface area contributed by atoms with Gasteiger partial charge in [-0.3, -0.25) is 14.5 Å². The molecule has 0 bridgehead atoms. The maximum Gasteiger partial charge on any atom is 0.352 e. The Kier molecular flexibility index (Phi) is 4.18. The van der Waals surface area contributed by atoms with E-state index >= 15 is 0 Å². The molecule has 1 aromatic rings. The zero-order chi connectivity index (χ0) is 19.3. The molecule has 0 unspecified atom stereocenters. The number of hydrogen-bond donors (Lipinski definition) is 2. The summed E-state index contributed by atoms with van der Waals surface area (Å²) in [6.07, 6.45) is 1.46. The number of carbonyl (C=O) groups is 3. The van der Waals surface area contributed by atoms with E-state index in [1.54, 1.807) is 14.0 Å². The van der Waals surface area contributed by atoms with Gasteiger partial charge in [0.05, 0.1) is 12.5 Å². The van der Waals surface area contributed by atoms with E-state index in [1.807, 2.05) is 24.3 Å². The summed E-state index contributed by atoms with van der Waals surface area (Å²) in [5.74, 6) is -0.377. The lowest BCUT2D eigenvalue weighted by Gasteiger charge is -2.49. The molecule has 2 fully saturated rings. The van der Waals surface area contributed by atoms with E-state index in [9.17, 15) is 19.5 Å². The van der Waals surface area contributed by atoms with E-state index in [1.165, 1.54) is 16.7 Å². The minimum Gasteiger partial charge on any atom is -0.497 e. The van der Waals surface area contributed by atoms with Crippen LogP contribution in [0.3, 0.4) is 0 Å². The normalized spacial score (nSPS) is 25.4. The summed E-state index contributed by atoms with van der Waals surface area (Å²) in [4.78, 5) is 38.3. The van der Waals surface area contributed by atoms with Crippen LogP contribution in [0.15, 0.2) is 35.5 Å². The quantitative estimate of drug-likeness (QED) is 0.742. The zero-order valence-electron chi connectivity index (χ0n) is 15.0. The third-order valence-electron chi connectivity index (χ3n) is 5.48. The molecule has 1 aromatic carbocycles. The number of methoxy groups -OCH3 is 1. The van der Waals surface area contributed by atoms with Crippen molar-refractivity contribution in [2.24, 2.45) is 0 Å². The highest BCUT2D eigenvalue weighted by molar-refractivity contribution is 8.00. The number of carboxylic acid groups (broad SMARTS) is 1. The molecule has 8 heteroatoms. The van der Waals surface area contributed by atoms with Crippen LogP contribution in [0, 0.1) is 0 Å². The number of β-lactam (4-membered cyclic amide) rings is 1. The highest BCUT2D eigenvalue weighted by Gasteiger charge is 2.57. The summed E-state index contributed by atoms with van der Waals surface area (Å²) in [7, 11) is 1.59. The number of thioether (sulfide) groups is 1. The van der Waals surface area contributed by atoms with Gasteiger partial charge in [0.25, 0.3) is 5.91 Å². The number of carboxylic acids is 1. The summed E-state index contributed by atoms with van der Waals surface area (Å²) in [5, 5.41) is 11.9. The lowest BCUT2D eigenvalue weighted by molar-refractivity contribution is -0.151. The van der Waals surface area contributed by atoms with Crippen molar-refractivity contribution in [2.45, 2.75) is 36.6 Å². The largest absolute Gasteiger partial charge is 0.497 e. The molecule has 142 valence electrons. The van der Waals surface area contributed by atoms with Gasteiger partial charge < -0.3 is 15.2 Å². The van der Waals surface area contributed by atoms with Gasteiger partial charge in [-0.2, -0.15) is 0 Å². The van der Waals surface area contributed by atoms with Crippen LogP contribution in [-0.4, -0.2) is 52.1 Å². The molecule has 2 atom stereocenters. The van der Waals surface area contributed by atoms with E-state index in [0.717, 1.165) is 24.2 Å². The number of ether oxygens (including phenoxy) is 1. The van der Waals surface area contributed by atoms with Crippen LogP contribution < -0.4 is 10.1 Å². The number of amides is 2. The van der Waals surface area contributed by atoms with Gasteiger partial charge in [0.1, 0.15) is 22.9 Å². The summed E-state index contributed by atoms with van der Waals surface area (Å²) >= 11 is 1.48. The number of aliphatic carboxylic acids is 1. The van der Waals surface area contributed by atoms with Crippen molar-refractivity contribution in [3.63, 3.8) is 0 Å². The fourth-order valence-corrected chi connectivity index (χ4v) is 5.03. The standard InChI is InChI=1S/C19H20N2O5S/c1-10-9-27-16-13(15(22)21(16)14(10)17(23)24)20-18(25)19(7-8-19)11-3-5-12(26-2)6-4-11/h3-6,13,16H,7-9H2,1-2H3,(H,20,25)(H,23,24)/t13-,16+/m0/s1. The SMILES string of the molecule is COc1ccc(C2(C(=O)N[C@H]3C(=O)N4C(C(=O)O)=C(C)CS[C@H]34)CC2)cc1. The Labute approximate surface area is 160 Å². The minimum absolute atomic E-state index is 0.0468. The Hall–Kier alpha value is -2.48. The third-order valence-corrected chi connectivity index (χ3v) is 6.90. The lowest BCUT2D eigenvalue weighted by atomic mass is 9.93. The predicted molar refractivity (Wildman–Crippen MR) is 99.3 cm³/mol. The fraction of sp³-hybridized carbons (Fsp3) is 0.421. The molecule has 2 heterocycles. The van der Waals surface area contributed by atoms with Gasteiger partial charge in [0, 0.05) is 5.75 Å². The van der Waals surface area contributed by atoms with Gasteiger partial charge in [-0.25, -0.2) is 4.79 Å². The first-order chi connectivity index (χ1) is 12.9. The van der Waals surface area contributed by atoms with Crippen molar-refractivity contribution in [3.05, 3.63) is 41.1 Å². The van der Waals surface area contributed by atoms with Crippen LogP contribution in [0.25, 0.3) is 0 Å². The van der Waals surface area contributed by atoms with Gasteiger partial charge >= 0.3 is 5.97 Å². The number of carbonyl (C=O) groups excluding carboxylic acids is 2. The molecule has 1 saturated heterocycles. The van der Waals surface area contributed by atoms with E-state index in [4.69, 9.17) is 4.74 Å². The van der Waals surface area contributed by atoms with Crippen molar-refractivity contribution in [3.8, 4) is 5.75 Å². The molecule has 0 spiro atoms. The molecule has 1 saturated carbocycles. The van der Waals surface area contributed by atoms with Crippen molar-refractivity contribution in [2.75, 3.05) is 12.9 Å². The second-order valence-corrected chi connectivity index (χ2v) is 8.21. The average Bonchev–Trinajstić information content (AvgIpc) is 3.47. The van der Waals surface area contributed by atoms with Crippen molar-refractivity contribution >= 4 is 29.5 Å². The summed E-state index contributed by atoms with van der Waals surface area (Å²) < 4.78 is 5.16. The number of nitrogens with one attached hydrogen (secondary N) is 1. The smallest absolute Gasteiger partial charge is 0.352 e. The van der Waals surface area contributed by atoms with Crippen molar-refractivity contribution in [1.29, 1.82) is 0 Å². The monoisotopic (exact) mass is 388 g/mol. The molecule has 0 radical (unpaired) electrons. The highest BCUT2D eigenvalue weighted by Crippen LogP contribution is 2.49. The number of benzene rings is 1. The second-order valence-electron chi connectivity index (χ2n) is 7.11. The Balaban J connectivity index is 1.50. The number of rotatable bonds is 5. The topological polar surface area (TPSA) is 95.9 Å². The van der Waals surface area contributed by atoms with Crippen LogP contribution >= 0.6 is 11.8 Å². The molecule has 2 aliphatic heterocycles. The highest BCUT2D eigenvalue weighted by atomic mass is 32.2. The second kappa shape index (κ2) is 6.30. The van der Waals surface area contributed by atoms with Crippen LogP contribution in [0.1, 0.15) is 25.3 Å². The van der Waals surface area contributed by atoms with Gasteiger partial charge in [-0.1, -0.05) is 12.1 Å². The Bertz CT molecular complexity index is 859. The van der Waals surface area contributed by atoms with Crippen LogP contribution in [0.4, 0.5) is 0 Å². The Morgan fingerprint density at radius 3 is 2.52 bits per heavy atom. The summed E-state index contributed by atoms with van der Waals surface area (Å²) in [5.41, 5.74) is 1.01. The van der Waals surface area contributed by atoms with Crippen LogP contribution in [0.5, 0.6) is 5.75 Å². The average molecular weight is 388 g/mol. The van der Waals surface area contributed by atoms with Crippen molar-refractivity contribution < 1.29 is 24.2 Å². The van der Waals surface area contributed by atoms with E-state index in [-0.39, 0.29) is 22.9 Å². The molecule has 2 amide bonds. The van der Waals surface area contributed by atoms with E-state index in [2.05, 4.69) is 5.32 Å². The number of nitrogens with zero attached hydrogens (tertiary/aromatic N) is 1. The van der Waals surface area contributed by atoms with Gasteiger partial charge in [0.2, 0.25) is 5.91 Å². The Morgan fingerprint density at radius 2 is 1.96 bits per heavy atom. The third kappa shape index (κ3) is 2.70. The zero-order valence-corrected chi connectivity index (χ0v) is 15.8. The van der Waals surface area contributed by atoms with E-state index in [0.29, 0.717) is 11.3 Å². The maximum absolute atomic E-state index is 12.9. The molecular weight excluding hydrogens is 368 g/mol. The molecular formula is C19H20N2O5S. The number of fused-ring (bicyclic) bond motifs is 1. The Morgan fingerprint density at radius 1 is 1.30 bits per heavy atom. The first kappa shape index (κ1) is 17.9. The van der Waals surface area contributed by atoms with E-state index < -0.39 is 17.4 Å². The summed E-state index contributed by atoms with van der Waals surface area (Å²) in [6.45, 7) is 1.72. The molecule has 1 aliphatic carbocycles. The van der Waals surface area contributed by atoms with Crippen LogP contribution in [-0.2, 0) is 19.8 Å². The minimum atomic E-state index is -1.10. The first-order valence-corrected chi connectivity index (χ1v) is 9.77. The molecule has 2 N–H and O–H groups in total. The fourth-order valence-electron chi connectivity index (χ4n) is 3.74. The first-order valence-electron chi connectivity index (χ1n) is 8.72. The van der Waals surface area contributed by atoms with Gasteiger partial charge in [-0.05, 0) is 43.0 Å². The summed E-state index contributed by atoms with van der Waals surface area (Å²) in [6, 6.07) is 6.72. The maximum atomic E-state index is 12.9. The lowest BCUT2D eigenvalue weighted by Crippen LogP contribution is -2.71. The number of hydrogen-bond acceptors (Lipinski definition) is 5. The predicted octanol–water partition coefficient (Wildman–Crippen LogP) is 1.49. The molecule has 4 rings (SSSR count). The van der Waals surface area contributed by atoms with Crippen molar-refractivity contribution in [1.82, 2.24) is 10.2 Å². The molecule has 0 aromatic heterocycles. The van der Waals surface area contributed by atoms with Crippen LogP contribution in [0.2, 0.25) is 0 Å². The molecule has 7 nitrogen and oxygen atoms in total. The van der Waals surface area contributed by atoms with Gasteiger partial charge in [-0.15, -0.1) is 11.8 Å². The molecule has 3 aliphatic rings.